The number of aromatic amines is 1. The normalized spacial score (nSPS) is 10.8. The third kappa shape index (κ3) is 1.90. The van der Waals surface area contributed by atoms with Gasteiger partial charge in [0.1, 0.15) is 5.82 Å². The van der Waals surface area contributed by atoms with E-state index in [1.807, 2.05) is 13.8 Å². The van der Waals surface area contributed by atoms with Crippen molar-refractivity contribution in [1.82, 2.24) is 4.98 Å². The number of nitrogens with one attached hydrogen (secondary N) is 1. The Balaban J connectivity index is 2.70. The summed E-state index contributed by atoms with van der Waals surface area (Å²) in [4.78, 5) is 14.8. The summed E-state index contributed by atoms with van der Waals surface area (Å²) < 4.78 is 18.4. The number of H-pyrrole nitrogens is 1. The molecule has 3 nitrogen and oxygen atoms in total. The summed E-state index contributed by atoms with van der Waals surface area (Å²) in [5.74, 6) is -0.930. The number of aryl methyl sites for hydroxylation is 2. The summed E-state index contributed by atoms with van der Waals surface area (Å²) in [5.41, 5.74) is 2.76. The van der Waals surface area contributed by atoms with Crippen LogP contribution in [0.5, 0.6) is 0 Å². The molecule has 0 saturated heterocycles. The van der Waals surface area contributed by atoms with Crippen molar-refractivity contribution < 1.29 is 13.9 Å². The highest BCUT2D eigenvalue weighted by molar-refractivity contribution is 6.04. The number of aromatic nitrogens is 1. The second kappa shape index (κ2) is 4.20. The minimum atomic E-state index is -0.502. The molecule has 1 heterocycles. The average Bonchev–Trinajstić information content (AvgIpc) is 2.55. The second-order valence-electron chi connectivity index (χ2n) is 3.97. The molecule has 90 valence electrons. The van der Waals surface area contributed by atoms with Gasteiger partial charge in [-0.05, 0) is 38.5 Å². The van der Waals surface area contributed by atoms with Gasteiger partial charge in [-0.3, -0.25) is 0 Å². The first-order valence-electron chi connectivity index (χ1n) is 5.50. The van der Waals surface area contributed by atoms with Gasteiger partial charge >= 0.3 is 5.97 Å². The van der Waals surface area contributed by atoms with E-state index >= 15 is 0 Å². The van der Waals surface area contributed by atoms with E-state index in [0.29, 0.717) is 5.52 Å². The van der Waals surface area contributed by atoms with Crippen LogP contribution in [0.3, 0.4) is 0 Å². The molecule has 0 atom stereocenters. The molecule has 4 heteroatoms. The third-order valence-electron chi connectivity index (χ3n) is 2.88. The number of hydrogen-bond acceptors (Lipinski definition) is 2. The maximum Gasteiger partial charge on any atom is 0.340 e. The third-order valence-corrected chi connectivity index (χ3v) is 2.88. The zero-order chi connectivity index (χ0) is 12.6. The summed E-state index contributed by atoms with van der Waals surface area (Å²) in [6, 6.07) is 2.63. The first-order chi connectivity index (χ1) is 8.04. The van der Waals surface area contributed by atoms with Crippen molar-refractivity contribution in [2.45, 2.75) is 20.8 Å². The molecule has 0 bridgehead atoms. The zero-order valence-electron chi connectivity index (χ0n) is 10.1. The van der Waals surface area contributed by atoms with Gasteiger partial charge in [0, 0.05) is 11.1 Å². The fourth-order valence-electron chi connectivity index (χ4n) is 1.89. The average molecular weight is 235 g/mol. The van der Waals surface area contributed by atoms with Gasteiger partial charge in [-0.25, -0.2) is 9.18 Å². The lowest BCUT2D eigenvalue weighted by Crippen LogP contribution is -2.06. The molecule has 0 saturated carbocycles. The second-order valence-corrected chi connectivity index (χ2v) is 3.97. The number of carbonyl (C=O) groups excluding carboxylic acids is 1. The van der Waals surface area contributed by atoms with Crippen LogP contribution in [0.1, 0.15) is 28.5 Å². The molecule has 1 aromatic carbocycles. The van der Waals surface area contributed by atoms with E-state index in [0.717, 1.165) is 16.6 Å². The van der Waals surface area contributed by atoms with Crippen LogP contribution < -0.4 is 0 Å². The van der Waals surface area contributed by atoms with Crippen molar-refractivity contribution in [2.24, 2.45) is 0 Å². The highest BCUT2D eigenvalue weighted by atomic mass is 19.1. The number of fused-ring (bicyclic) bond motifs is 1. The van der Waals surface area contributed by atoms with Gasteiger partial charge in [-0.2, -0.15) is 0 Å². The molecule has 0 amide bonds. The summed E-state index contributed by atoms with van der Waals surface area (Å²) in [6.07, 6.45) is 0. The van der Waals surface area contributed by atoms with Gasteiger partial charge in [-0.15, -0.1) is 0 Å². The molecule has 1 N–H and O–H groups in total. The predicted molar refractivity (Wildman–Crippen MR) is 63.7 cm³/mol. The van der Waals surface area contributed by atoms with Crippen LogP contribution in [0.15, 0.2) is 12.1 Å². The number of rotatable bonds is 2. The van der Waals surface area contributed by atoms with Crippen LogP contribution in [0.25, 0.3) is 10.9 Å². The first kappa shape index (κ1) is 11.6. The Morgan fingerprint density at radius 1 is 1.41 bits per heavy atom. The largest absolute Gasteiger partial charge is 0.462 e. The smallest absolute Gasteiger partial charge is 0.340 e. The molecule has 1 aromatic heterocycles. The van der Waals surface area contributed by atoms with Crippen LogP contribution in [0.2, 0.25) is 0 Å². The first-order valence-corrected chi connectivity index (χ1v) is 5.50. The Kier molecular flexibility index (Phi) is 2.88. The molecule has 0 fully saturated rings. The van der Waals surface area contributed by atoms with E-state index < -0.39 is 11.8 Å². The Bertz CT molecular complexity index is 587. The topological polar surface area (TPSA) is 42.1 Å². The molecule has 0 aliphatic heterocycles. The van der Waals surface area contributed by atoms with Gasteiger partial charge < -0.3 is 9.72 Å². The van der Waals surface area contributed by atoms with Crippen LogP contribution >= 0.6 is 0 Å². The molecular weight excluding hydrogens is 221 g/mol. The Hall–Kier alpha value is -1.84. The van der Waals surface area contributed by atoms with Crippen molar-refractivity contribution in [3.05, 3.63) is 34.8 Å². The van der Waals surface area contributed by atoms with Crippen LogP contribution in [-0.4, -0.2) is 17.6 Å². The van der Waals surface area contributed by atoms with Crippen LogP contribution in [0, 0.1) is 19.7 Å². The van der Waals surface area contributed by atoms with Crippen LogP contribution in [0.4, 0.5) is 4.39 Å². The van der Waals surface area contributed by atoms with Gasteiger partial charge in [-0.1, -0.05) is 0 Å². The van der Waals surface area contributed by atoms with E-state index in [4.69, 9.17) is 4.74 Å². The number of ether oxygens (including phenoxy) is 1. The zero-order valence-corrected chi connectivity index (χ0v) is 10.1. The van der Waals surface area contributed by atoms with Gasteiger partial charge in [0.05, 0.1) is 17.7 Å². The molecule has 2 rings (SSSR count). The maximum atomic E-state index is 13.5. The number of benzene rings is 1. The molecule has 17 heavy (non-hydrogen) atoms. The highest BCUT2D eigenvalue weighted by Gasteiger charge is 2.16. The lowest BCUT2D eigenvalue weighted by molar-refractivity contribution is 0.0528. The lowest BCUT2D eigenvalue weighted by Gasteiger charge is -2.03. The van der Waals surface area contributed by atoms with E-state index in [2.05, 4.69) is 4.98 Å². The van der Waals surface area contributed by atoms with E-state index in [1.54, 1.807) is 6.92 Å². The van der Waals surface area contributed by atoms with E-state index in [1.165, 1.54) is 12.1 Å². The van der Waals surface area contributed by atoms with E-state index in [9.17, 15) is 9.18 Å². The molecule has 0 aliphatic carbocycles. The Labute approximate surface area is 98.6 Å². The fourth-order valence-corrected chi connectivity index (χ4v) is 1.89. The maximum absolute atomic E-state index is 13.5. The van der Waals surface area contributed by atoms with Gasteiger partial charge in [0.25, 0.3) is 0 Å². The summed E-state index contributed by atoms with van der Waals surface area (Å²) in [5, 5.41) is 0.727. The van der Waals surface area contributed by atoms with Crippen molar-refractivity contribution in [3.8, 4) is 0 Å². The highest BCUT2D eigenvalue weighted by Crippen LogP contribution is 2.26. The Morgan fingerprint density at radius 3 is 2.76 bits per heavy atom. The number of hydrogen-bond donors (Lipinski definition) is 1. The van der Waals surface area contributed by atoms with Crippen molar-refractivity contribution in [2.75, 3.05) is 6.61 Å². The molecule has 0 spiro atoms. The summed E-state index contributed by atoms with van der Waals surface area (Å²) in [7, 11) is 0. The predicted octanol–water partition coefficient (Wildman–Crippen LogP) is 3.10. The summed E-state index contributed by atoms with van der Waals surface area (Å²) in [6.45, 7) is 5.78. The minimum Gasteiger partial charge on any atom is -0.462 e. The van der Waals surface area contributed by atoms with Gasteiger partial charge in [0.15, 0.2) is 0 Å². The molecule has 0 radical (unpaired) electrons. The monoisotopic (exact) mass is 235 g/mol. The number of esters is 1. The van der Waals surface area contributed by atoms with Crippen molar-refractivity contribution >= 4 is 16.9 Å². The van der Waals surface area contributed by atoms with Crippen molar-refractivity contribution in [3.63, 3.8) is 0 Å². The standard InChI is InChI=1S/C13H14FNO2/c1-4-17-13(16)11-6-9(14)5-10-7(2)8(3)15-12(10)11/h5-6,15H,4H2,1-3H3. The molecule has 0 aliphatic rings. The Morgan fingerprint density at radius 2 is 2.12 bits per heavy atom. The SMILES string of the molecule is CCOC(=O)c1cc(F)cc2c(C)c(C)[nH]c12. The molecular formula is C13H14FNO2. The number of carbonyl (C=O) groups is 1. The minimum absolute atomic E-state index is 0.248. The quantitative estimate of drug-likeness (QED) is 0.813. The van der Waals surface area contributed by atoms with Crippen LogP contribution in [-0.2, 0) is 4.74 Å². The van der Waals surface area contributed by atoms with Crippen molar-refractivity contribution in [1.29, 1.82) is 0 Å². The summed E-state index contributed by atoms with van der Waals surface area (Å²) >= 11 is 0. The number of halogens is 1. The molecule has 0 unspecified atom stereocenters. The van der Waals surface area contributed by atoms with E-state index in [-0.39, 0.29) is 12.2 Å². The van der Waals surface area contributed by atoms with Gasteiger partial charge in [0.2, 0.25) is 0 Å². The lowest BCUT2D eigenvalue weighted by atomic mass is 10.1. The molecule has 2 aromatic rings. The fraction of sp³-hybridized carbons (Fsp3) is 0.308.